The van der Waals surface area contributed by atoms with Crippen LogP contribution in [-0.2, 0) is 11.2 Å². The Hall–Kier alpha value is -3.06. The number of hydrogen-bond acceptors (Lipinski definition) is 6. The molecule has 0 atom stereocenters. The van der Waals surface area contributed by atoms with Crippen LogP contribution in [0.1, 0.15) is 17.5 Å². The second kappa shape index (κ2) is 11.7. The summed E-state index contributed by atoms with van der Waals surface area (Å²) in [6, 6.07) is 13.8. The largest absolute Gasteiger partial charge is 0.493 e. The molecular weight excluding hydrogens is 368 g/mol. The van der Waals surface area contributed by atoms with Gasteiger partial charge in [-0.25, -0.2) is 5.43 Å². The zero-order valence-corrected chi connectivity index (χ0v) is 17.6. The summed E-state index contributed by atoms with van der Waals surface area (Å²) in [5, 5.41) is 7.27. The highest BCUT2D eigenvalue weighted by atomic mass is 16.5. The Bertz CT molecular complexity index is 804. The number of methoxy groups -OCH3 is 2. The molecule has 0 fully saturated rings. The molecule has 1 amide bonds. The van der Waals surface area contributed by atoms with Gasteiger partial charge in [-0.1, -0.05) is 18.2 Å². The van der Waals surface area contributed by atoms with Crippen molar-refractivity contribution in [3.63, 3.8) is 0 Å². The molecule has 0 unspecified atom stereocenters. The minimum absolute atomic E-state index is 0.121. The summed E-state index contributed by atoms with van der Waals surface area (Å²) in [6.07, 6.45) is 2.84. The van der Waals surface area contributed by atoms with Crippen molar-refractivity contribution in [3.8, 4) is 11.5 Å². The summed E-state index contributed by atoms with van der Waals surface area (Å²) in [4.78, 5) is 13.9. The van der Waals surface area contributed by atoms with E-state index in [1.54, 1.807) is 20.4 Å². The van der Waals surface area contributed by atoms with Crippen molar-refractivity contribution in [1.29, 1.82) is 0 Å². The third-order valence-corrected chi connectivity index (χ3v) is 4.38. The topological polar surface area (TPSA) is 75.2 Å². The fourth-order valence-electron chi connectivity index (χ4n) is 2.69. The van der Waals surface area contributed by atoms with Gasteiger partial charge in [-0.15, -0.1) is 0 Å². The van der Waals surface area contributed by atoms with Crippen molar-refractivity contribution in [2.45, 2.75) is 12.8 Å². The Morgan fingerprint density at radius 1 is 1.03 bits per heavy atom. The zero-order chi connectivity index (χ0) is 21.1. The van der Waals surface area contributed by atoms with E-state index in [0.717, 1.165) is 41.3 Å². The molecule has 0 radical (unpaired) electrons. The van der Waals surface area contributed by atoms with Gasteiger partial charge >= 0.3 is 0 Å². The quantitative estimate of drug-likeness (QED) is 0.345. The van der Waals surface area contributed by atoms with E-state index in [-0.39, 0.29) is 5.91 Å². The van der Waals surface area contributed by atoms with Crippen molar-refractivity contribution < 1.29 is 14.3 Å². The number of ether oxygens (including phenoxy) is 2. The van der Waals surface area contributed by atoms with E-state index < -0.39 is 0 Å². The van der Waals surface area contributed by atoms with Gasteiger partial charge in [0.25, 0.3) is 0 Å². The normalized spacial score (nSPS) is 10.8. The third kappa shape index (κ3) is 7.46. The summed E-state index contributed by atoms with van der Waals surface area (Å²) in [7, 11) is 7.23. The predicted octanol–water partition coefficient (Wildman–Crippen LogP) is 2.44. The summed E-state index contributed by atoms with van der Waals surface area (Å²) >= 11 is 0. The van der Waals surface area contributed by atoms with E-state index >= 15 is 0 Å². The Morgan fingerprint density at radius 2 is 1.76 bits per heavy atom. The van der Waals surface area contributed by atoms with E-state index in [1.807, 2.05) is 61.5 Å². The standard InChI is InChI=1S/C22H30N4O3/c1-26(2)19-8-5-18(6-9-19)16-24-25-22(27)12-14-23-13-11-17-7-10-20(28-3)21(15-17)29-4/h5-10,15-16,23H,11-14H2,1-4H3,(H,25,27). The van der Waals surface area contributed by atoms with E-state index in [4.69, 9.17) is 9.47 Å². The van der Waals surface area contributed by atoms with Crippen LogP contribution in [0.3, 0.4) is 0 Å². The lowest BCUT2D eigenvalue weighted by molar-refractivity contribution is -0.120. The summed E-state index contributed by atoms with van der Waals surface area (Å²) in [5.41, 5.74) is 5.75. The molecule has 0 saturated carbocycles. The second-order valence-electron chi connectivity index (χ2n) is 6.72. The van der Waals surface area contributed by atoms with Crippen molar-refractivity contribution in [2.75, 3.05) is 46.3 Å². The van der Waals surface area contributed by atoms with E-state index in [0.29, 0.717) is 13.0 Å². The van der Waals surface area contributed by atoms with Gasteiger partial charge in [-0.2, -0.15) is 5.10 Å². The van der Waals surface area contributed by atoms with Crippen LogP contribution < -0.4 is 25.1 Å². The molecule has 2 rings (SSSR count). The minimum atomic E-state index is -0.121. The minimum Gasteiger partial charge on any atom is -0.493 e. The van der Waals surface area contributed by atoms with Crippen LogP contribution in [0, 0.1) is 0 Å². The summed E-state index contributed by atoms with van der Waals surface area (Å²) < 4.78 is 10.5. The van der Waals surface area contributed by atoms with Crippen LogP contribution in [0.4, 0.5) is 5.69 Å². The molecular formula is C22H30N4O3. The lowest BCUT2D eigenvalue weighted by atomic mass is 10.1. The number of amides is 1. The van der Waals surface area contributed by atoms with Crippen molar-refractivity contribution in [1.82, 2.24) is 10.7 Å². The average molecular weight is 399 g/mol. The molecule has 2 aromatic carbocycles. The van der Waals surface area contributed by atoms with Gasteiger partial charge in [-0.3, -0.25) is 4.79 Å². The van der Waals surface area contributed by atoms with Crippen LogP contribution >= 0.6 is 0 Å². The fraction of sp³-hybridized carbons (Fsp3) is 0.364. The Labute approximate surface area is 172 Å². The fourth-order valence-corrected chi connectivity index (χ4v) is 2.69. The number of rotatable bonds is 11. The molecule has 7 heteroatoms. The molecule has 0 spiro atoms. The van der Waals surface area contributed by atoms with Crippen molar-refractivity contribution in [3.05, 3.63) is 53.6 Å². The van der Waals surface area contributed by atoms with Crippen molar-refractivity contribution >= 4 is 17.8 Å². The third-order valence-electron chi connectivity index (χ3n) is 4.38. The number of benzene rings is 2. The molecule has 0 heterocycles. The monoisotopic (exact) mass is 398 g/mol. The number of anilines is 1. The zero-order valence-electron chi connectivity index (χ0n) is 17.6. The molecule has 0 saturated heterocycles. The van der Waals surface area contributed by atoms with Crippen LogP contribution in [-0.4, -0.2) is 53.5 Å². The average Bonchev–Trinajstić information content (AvgIpc) is 2.73. The molecule has 0 aromatic heterocycles. The number of hydrazone groups is 1. The first-order valence-electron chi connectivity index (χ1n) is 9.54. The smallest absolute Gasteiger partial charge is 0.241 e. The van der Waals surface area contributed by atoms with Gasteiger partial charge in [0.15, 0.2) is 11.5 Å². The summed E-state index contributed by atoms with van der Waals surface area (Å²) in [6.45, 7) is 1.36. The second-order valence-corrected chi connectivity index (χ2v) is 6.72. The van der Waals surface area contributed by atoms with E-state index in [1.165, 1.54) is 0 Å². The van der Waals surface area contributed by atoms with Gasteiger partial charge in [0.2, 0.25) is 5.91 Å². The van der Waals surface area contributed by atoms with Crippen LogP contribution in [0.5, 0.6) is 11.5 Å². The lowest BCUT2D eigenvalue weighted by Gasteiger charge is -2.11. The molecule has 2 aromatic rings. The molecule has 0 aliphatic carbocycles. The maximum Gasteiger partial charge on any atom is 0.241 e. The molecule has 0 aliphatic heterocycles. The number of carbonyl (C=O) groups is 1. The predicted molar refractivity (Wildman–Crippen MR) is 117 cm³/mol. The maximum absolute atomic E-state index is 11.9. The van der Waals surface area contributed by atoms with Crippen LogP contribution in [0.2, 0.25) is 0 Å². The Kier molecular flexibility index (Phi) is 8.98. The molecule has 29 heavy (non-hydrogen) atoms. The Balaban J connectivity index is 1.64. The molecule has 156 valence electrons. The lowest BCUT2D eigenvalue weighted by Crippen LogP contribution is -2.25. The number of hydrogen-bond donors (Lipinski definition) is 2. The highest BCUT2D eigenvalue weighted by molar-refractivity contribution is 5.82. The maximum atomic E-state index is 11.9. The number of carbonyl (C=O) groups excluding carboxylic acids is 1. The van der Waals surface area contributed by atoms with Gasteiger partial charge in [0, 0.05) is 32.7 Å². The molecule has 7 nitrogen and oxygen atoms in total. The van der Waals surface area contributed by atoms with Gasteiger partial charge in [-0.05, 0) is 48.4 Å². The molecule has 0 bridgehead atoms. The molecule has 2 N–H and O–H groups in total. The van der Waals surface area contributed by atoms with Crippen LogP contribution in [0.15, 0.2) is 47.6 Å². The first kappa shape index (κ1) is 22.2. The summed E-state index contributed by atoms with van der Waals surface area (Å²) in [5.74, 6) is 1.32. The number of nitrogens with one attached hydrogen (secondary N) is 2. The van der Waals surface area contributed by atoms with E-state index in [2.05, 4.69) is 15.8 Å². The Morgan fingerprint density at radius 3 is 2.41 bits per heavy atom. The van der Waals surface area contributed by atoms with Crippen LogP contribution in [0.25, 0.3) is 0 Å². The first-order valence-corrected chi connectivity index (χ1v) is 9.54. The SMILES string of the molecule is COc1ccc(CCNCCC(=O)NN=Cc2ccc(N(C)C)cc2)cc1OC. The van der Waals surface area contributed by atoms with Gasteiger partial charge < -0.3 is 19.7 Å². The molecule has 0 aliphatic rings. The number of nitrogens with zero attached hydrogens (tertiary/aromatic N) is 2. The van der Waals surface area contributed by atoms with E-state index in [9.17, 15) is 4.79 Å². The highest BCUT2D eigenvalue weighted by Crippen LogP contribution is 2.27. The van der Waals surface area contributed by atoms with Crippen molar-refractivity contribution in [2.24, 2.45) is 5.10 Å². The van der Waals surface area contributed by atoms with Gasteiger partial charge in [0.05, 0.1) is 20.4 Å². The van der Waals surface area contributed by atoms with Gasteiger partial charge in [0.1, 0.15) is 0 Å². The highest BCUT2D eigenvalue weighted by Gasteiger charge is 2.04. The first-order chi connectivity index (χ1) is 14.0.